The third-order valence-corrected chi connectivity index (χ3v) is 7.36. The lowest BCUT2D eigenvalue weighted by Gasteiger charge is -2.35. The Morgan fingerprint density at radius 2 is 1.76 bits per heavy atom. The van der Waals surface area contributed by atoms with Crippen molar-refractivity contribution in [2.75, 3.05) is 39.3 Å². The lowest BCUT2D eigenvalue weighted by atomic mass is 9.90. The molecule has 33 heavy (non-hydrogen) atoms. The molecule has 6 heteroatoms. The highest BCUT2D eigenvalue weighted by Crippen LogP contribution is 2.27. The molecule has 2 saturated heterocycles. The summed E-state index contributed by atoms with van der Waals surface area (Å²) in [6.07, 6.45) is 16.5. The Morgan fingerprint density at radius 3 is 2.58 bits per heavy atom. The molecule has 0 bridgehead atoms. The Labute approximate surface area is 201 Å². The largest absolute Gasteiger partial charge is 0.325 e. The fourth-order valence-corrected chi connectivity index (χ4v) is 5.41. The number of amides is 2. The number of allylic oxidation sites excluding steroid dienone is 2. The SMILES string of the molecule is O=C(N1CCCNCC1)N1CCC(c2cn(-c3ccc(Cl)cc3)c3/c2=C\C=C\CC/C=3)CC1. The van der Waals surface area contributed by atoms with E-state index in [4.69, 9.17) is 11.6 Å². The molecule has 2 aromatic rings. The molecule has 174 valence electrons. The van der Waals surface area contributed by atoms with Gasteiger partial charge in [0.05, 0.1) is 0 Å². The van der Waals surface area contributed by atoms with Gasteiger partial charge in [-0.1, -0.05) is 35.9 Å². The van der Waals surface area contributed by atoms with E-state index in [0.29, 0.717) is 5.92 Å². The van der Waals surface area contributed by atoms with Gasteiger partial charge in [-0.15, -0.1) is 0 Å². The number of fused-ring (bicyclic) bond motifs is 1. The van der Waals surface area contributed by atoms with Crippen LogP contribution in [0.4, 0.5) is 4.79 Å². The quantitative estimate of drug-likeness (QED) is 0.737. The second-order valence-electron chi connectivity index (χ2n) is 9.24. The zero-order valence-corrected chi connectivity index (χ0v) is 19.9. The Kier molecular flexibility index (Phi) is 6.88. The lowest BCUT2D eigenvalue weighted by Crippen LogP contribution is -2.47. The van der Waals surface area contributed by atoms with Crippen LogP contribution in [-0.4, -0.2) is 59.7 Å². The predicted molar refractivity (Wildman–Crippen MR) is 135 cm³/mol. The molecule has 1 N–H and O–H groups in total. The smallest absolute Gasteiger partial charge is 0.320 e. The van der Waals surface area contributed by atoms with E-state index in [1.165, 1.54) is 16.1 Å². The number of piperidine rings is 1. The number of likely N-dealkylation sites (tertiary alicyclic amines) is 1. The van der Waals surface area contributed by atoms with Gasteiger partial charge in [0.2, 0.25) is 0 Å². The molecular weight excluding hydrogens is 432 g/mol. The molecule has 0 saturated carbocycles. The van der Waals surface area contributed by atoms with E-state index in [0.717, 1.165) is 82.1 Å². The molecule has 2 aliphatic heterocycles. The van der Waals surface area contributed by atoms with Crippen molar-refractivity contribution in [3.05, 3.63) is 63.8 Å². The van der Waals surface area contributed by atoms with Crippen LogP contribution in [0.1, 0.15) is 43.6 Å². The number of nitrogens with zero attached hydrogens (tertiary/aromatic N) is 3. The maximum absolute atomic E-state index is 13.1. The Hall–Kier alpha value is -2.50. The second-order valence-corrected chi connectivity index (χ2v) is 9.68. The van der Waals surface area contributed by atoms with Crippen LogP contribution in [0.5, 0.6) is 0 Å². The first kappa shape index (κ1) is 22.3. The van der Waals surface area contributed by atoms with E-state index in [-0.39, 0.29) is 6.03 Å². The minimum Gasteiger partial charge on any atom is -0.325 e. The lowest BCUT2D eigenvalue weighted by molar-refractivity contribution is 0.142. The Balaban J connectivity index is 1.40. The highest BCUT2D eigenvalue weighted by atomic mass is 35.5. The summed E-state index contributed by atoms with van der Waals surface area (Å²) in [6.45, 7) is 5.23. The standard InChI is InChI=1S/C27H33ClN4O/c28-22-8-10-23(11-9-22)32-20-25(24-6-3-1-2-4-7-26(24)32)21-12-17-31(18-13-21)27(33)30-16-5-14-29-15-19-30/h1,3,6-11,20-21,29H,2,4-5,12-19H2/b3-1+,24-6-,26-7-. The van der Waals surface area contributed by atoms with Crippen LogP contribution in [0, 0.1) is 0 Å². The minimum atomic E-state index is 0.217. The average Bonchev–Trinajstić information content (AvgIpc) is 2.99. The van der Waals surface area contributed by atoms with Crippen LogP contribution in [-0.2, 0) is 0 Å². The first-order valence-electron chi connectivity index (χ1n) is 12.3. The van der Waals surface area contributed by atoms with Crippen molar-refractivity contribution in [1.82, 2.24) is 19.7 Å². The van der Waals surface area contributed by atoms with E-state index in [2.05, 4.69) is 57.4 Å². The van der Waals surface area contributed by atoms with Gasteiger partial charge in [-0.25, -0.2) is 4.79 Å². The summed E-state index contributed by atoms with van der Waals surface area (Å²) in [6, 6.07) is 8.31. The monoisotopic (exact) mass is 464 g/mol. The molecule has 0 atom stereocenters. The number of benzene rings is 1. The number of rotatable bonds is 2. The Morgan fingerprint density at radius 1 is 0.970 bits per heavy atom. The zero-order valence-electron chi connectivity index (χ0n) is 19.2. The van der Waals surface area contributed by atoms with Gasteiger partial charge >= 0.3 is 6.03 Å². The average molecular weight is 465 g/mol. The summed E-state index contributed by atoms with van der Waals surface area (Å²) in [7, 11) is 0. The van der Waals surface area contributed by atoms with Gasteiger partial charge in [0.1, 0.15) is 0 Å². The van der Waals surface area contributed by atoms with Gasteiger partial charge in [-0.2, -0.15) is 0 Å². The number of hydrogen-bond acceptors (Lipinski definition) is 2. The van der Waals surface area contributed by atoms with Crippen molar-refractivity contribution in [3.8, 4) is 5.69 Å². The first-order chi connectivity index (χ1) is 16.2. The highest BCUT2D eigenvalue weighted by Gasteiger charge is 2.28. The number of nitrogens with one attached hydrogen (secondary N) is 1. The summed E-state index contributed by atoms with van der Waals surface area (Å²) in [4.78, 5) is 17.2. The van der Waals surface area contributed by atoms with Gasteiger partial charge in [-0.3, -0.25) is 0 Å². The van der Waals surface area contributed by atoms with Crippen LogP contribution in [0.2, 0.25) is 5.02 Å². The normalized spacial score (nSPS) is 22.7. The fourth-order valence-electron chi connectivity index (χ4n) is 5.28. The molecule has 5 rings (SSSR count). The maximum atomic E-state index is 13.1. The summed E-state index contributed by atoms with van der Waals surface area (Å²) in [5.74, 6) is 0.458. The van der Waals surface area contributed by atoms with Gasteiger partial charge in [0.15, 0.2) is 0 Å². The molecule has 0 unspecified atom stereocenters. The van der Waals surface area contributed by atoms with E-state index >= 15 is 0 Å². The van der Waals surface area contributed by atoms with E-state index < -0.39 is 0 Å². The molecule has 0 spiro atoms. The molecular formula is C27H33ClN4O. The predicted octanol–water partition coefficient (Wildman–Crippen LogP) is 3.64. The third kappa shape index (κ3) is 4.90. The molecule has 3 aliphatic rings. The van der Waals surface area contributed by atoms with Crippen molar-refractivity contribution < 1.29 is 4.79 Å². The van der Waals surface area contributed by atoms with Crippen LogP contribution < -0.4 is 15.9 Å². The number of urea groups is 1. The number of carbonyl (C=O) groups is 1. The summed E-state index contributed by atoms with van der Waals surface area (Å²) in [5, 5.41) is 6.74. The molecule has 5 nitrogen and oxygen atoms in total. The second kappa shape index (κ2) is 10.2. The number of hydrogen-bond donors (Lipinski definition) is 1. The first-order valence-corrected chi connectivity index (χ1v) is 12.7. The maximum Gasteiger partial charge on any atom is 0.320 e. The van der Waals surface area contributed by atoms with Gasteiger partial charge < -0.3 is 19.7 Å². The van der Waals surface area contributed by atoms with Crippen LogP contribution in [0.3, 0.4) is 0 Å². The molecule has 2 amide bonds. The number of carbonyl (C=O) groups excluding carboxylic acids is 1. The summed E-state index contributed by atoms with van der Waals surface area (Å²) >= 11 is 6.15. The van der Waals surface area contributed by atoms with E-state index in [1.807, 2.05) is 17.0 Å². The van der Waals surface area contributed by atoms with Crippen molar-refractivity contribution >= 4 is 29.8 Å². The van der Waals surface area contributed by atoms with E-state index in [9.17, 15) is 4.79 Å². The Bertz CT molecular complexity index is 1120. The minimum absolute atomic E-state index is 0.217. The van der Waals surface area contributed by atoms with Crippen LogP contribution in [0.15, 0.2) is 42.6 Å². The van der Waals surface area contributed by atoms with Gasteiger partial charge in [0.25, 0.3) is 0 Å². The summed E-state index contributed by atoms with van der Waals surface area (Å²) in [5.41, 5.74) is 2.53. The molecule has 0 radical (unpaired) electrons. The van der Waals surface area contributed by atoms with Gasteiger partial charge in [0, 0.05) is 60.2 Å². The van der Waals surface area contributed by atoms with Crippen LogP contribution in [0.25, 0.3) is 17.8 Å². The van der Waals surface area contributed by atoms with Crippen molar-refractivity contribution in [2.24, 2.45) is 0 Å². The summed E-state index contributed by atoms with van der Waals surface area (Å²) < 4.78 is 2.32. The fraction of sp³-hybridized carbons (Fsp3) is 0.444. The highest BCUT2D eigenvalue weighted by molar-refractivity contribution is 6.30. The number of halogens is 1. The van der Waals surface area contributed by atoms with Crippen molar-refractivity contribution in [2.45, 2.75) is 38.0 Å². The number of aromatic nitrogens is 1. The molecule has 3 heterocycles. The molecule has 1 aliphatic carbocycles. The van der Waals surface area contributed by atoms with Crippen LogP contribution >= 0.6 is 11.6 Å². The van der Waals surface area contributed by atoms with E-state index in [1.54, 1.807) is 0 Å². The molecule has 2 fully saturated rings. The zero-order chi connectivity index (χ0) is 22.6. The van der Waals surface area contributed by atoms with Crippen molar-refractivity contribution in [1.29, 1.82) is 0 Å². The molecule has 1 aromatic heterocycles. The third-order valence-electron chi connectivity index (χ3n) is 7.11. The molecule has 1 aromatic carbocycles. The topological polar surface area (TPSA) is 40.5 Å². The van der Waals surface area contributed by atoms with Gasteiger partial charge in [-0.05, 0) is 74.4 Å². The van der Waals surface area contributed by atoms with Crippen molar-refractivity contribution in [3.63, 3.8) is 0 Å².